The van der Waals surface area contributed by atoms with Gasteiger partial charge in [0.15, 0.2) is 23.1 Å². The zero-order valence-electron chi connectivity index (χ0n) is 31.6. The van der Waals surface area contributed by atoms with E-state index in [1.807, 2.05) is 53.0 Å². The predicted molar refractivity (Wildman–Crippen MR) is 246 cm³/mol. The second kappa shape index (κ2) is 13.8. The fraction of sp³-hybridized carbons (Fsp3) is 0.0385. The lowest BCUT2D eigenvalue weighted by molar-refractivity contribution is 0.620. The molecule has 0 amide bonds. The highest BCUT2D eigenvalue weighted by molar-refractivity contribution is 7.26. The first-order valence-electron chi connectivity index (χ1n) is 19.8. The predicted octanol–water partition coefficient (Wildman–Crippen LogP) is 14.6. The molecule has 1 aliphatic carbocycles. The second-order valence-corrected chi connectivity index (χ2v) is 17.0. The van der Waals surface area contributed by atoms with Crippen molar-refractivity contribution in [3.63, 3.8) is 0 Å². The summed E-state index contributed by atoms with van der Waals surface area (Å²) in [5, 5.41) is 3.71. The molecule has 0 spiro atoms. The first-order chi connectivity index (χ1) is 29.2. The van der Waals surface area contributed by atoms with Gasteiger partial charge in [-0.1, -0.05) is 127 Å². The Kier molecular flexibility index (Phi) is 7.96. The van der Waals surface area contributed by atoms with Crippen LogP contribution in [0.4, 0.5) is 0 Å². The van der Waals surface area contributed by atoms with Gasteiger partial charge in [0.1, 0.15) is 5.52 Å². The summed E-state index contributed by atoms with van der Waals surface area (Å²) in [4.78, 5) is 21.5. The summed E-state index contributed by atoms with van der Waals surface area (Å²) in [5.41, 5.74) is 11.6. The second-order valence-electron chi connectivity index (χ2n) is 14.9. The average molecular weight is 793 g/mol. The maximum atomic E-state index is 6.37. The minimum atomic E-state index is 0.624. The Morgan fingerprint density at radius 1 is 0.458 bits per heavy atom. The van der Waals surface area contributed by atoms with E-state index < -0.39 is 0 Å². The number of aryl methyl sites for hydroxylation is 1. The number of hydrogen-bond donors (Lipinski definition) is 0. The molecule has 278 valence electrons. The van der Waals surface area contributed by atoms with Gasteiger partial charge in [-0.05, 0) is 88.5 Å². The fourth-order valence-electron chi connectivity index (χ4n) is 8.33. The monoisotopic (exact) mass is 792 g/mol. The lowest BCUT2D eigenvalue weighted by Crippen LogP contribution is -2.00. The molecule has 7 heteroatoms. The maximum absolute atomic E-state index is 6.37. The molecule has 7 aromatic carbocycles. The fourth-order valence-corrected chi connectivity index (χ4v) is 10.8. The smallest absolute Gasteiger partial charge is 0.227 e. The average Bonchev–Trinajstić information content (AvgIpc) is 4.02. The normalized spacial score (nSPS) is 12.5. The Bertz CT molecular complexity index is 3440. The van der Waals surface area contributed by atoms with Crippen LogP contribution in [-0.2, 0) is 6.42 Å². The number of oxazole rings is 1. The van der Waals surface area contributed by atoms with Crippen LogP contribution in [0, 0.1) is 0 Å². The summed E-state index contributed by atoms with van der Waals surface area (Å²) in [5.74, 6) is 2.63. The minimum Gasteiger partial charge on any atom is -0.436 e. The highest BCUT2D eigenvalue weighted by Gasteiger charge is 2.20. The van der Waals surface area contributed by atoms with Crippen molar-refractivity contribution in [1.82, 2.24) is 19.9 Å². The SMILES string of the molecule is C1=Cc2sc3c(-c4nc(-c5ccccc5)nc(-c5ccc(-c6cccc7c6sc6ccc(-c8nc9ccc(-c%10ccccc%10)cc9o8)cc67)cc5)n4)cccc3c2CC1. The standard InChI is InChI=1S/C52H32N4OS2/c1-3-11-31(12-4-1)35-25-27-43-44(30-35)57-52(53-43)36-26-28-46-42(29-36)40-18-9-16-37(47(40)59-46)32-21-23-34(24-22-32)50-54-49(33-13-5-2-6-14-33)55-51(56-50)41-19-10-17-39-38-15-7-8-20-45(38)58-48(39)41/h1-6,8-14,16-30H,7,15H2. The Balaban J connectivity index is 0.910. The van der Waals surface area contributed by atoms with Crippen LogP contribution >= 0.6 is 22.7 Å². The number of allylic oxidation sites excluding steroid dienone is 1. The van der Waals surface area contributed by atoms with Crippen LogP contribution in [0.1, 0.15) is 16.9 Å². The number of hydrogen-bond acceptors (Lipinski definition) is 7. The lowest BCUT2D eigenvalue weighted by atomic mass is 10.00. The Morgan fingerprint density at radius 2 is 1.12 bits per heavy atom. The molecule has 0 fully saturated rings. The van der Waals surface area contributed by atoms with Gasteiger partial charge in [-0.2, -0.15) is 0 Å². The number of fused-ring (bicyclic) bond motifs is 7. The first-order valence-corrected chi connectivity index (χ1v) is 21.4. The number of rotatable bonds is 6. The molecule has 11 aromatic rings. The topological polar surface area (TPSA) is 64.7 Å². The Hall–Kier alpha value is -7.06. The van der Waals surface area contributed by atoms with Crippen molar-refractivity contribution < 1.29 is 4.42 Å². The van der Waals surface area contributed by atoms with Crippen LogP contribution in [0.2, 0.25) is 0 Å². The van der Waals surface area contributed by atoms with E-state index in [0.29, 0.717) is 23.4 Å². The maximum Gasteiger partial charge on any atom is 0.227 e. The van der Waals surface area contributed by atoms with E-state index in [0.717, 1.165) is 62.9 Å². The van der Waals surface area contributed by atoms with Crippen LogP contribution in [-0.4, -0.2) is 19.9 Å². The van der Waals surface area contributed by atoms with Gasteiger partial charge in [0, 0.05) is 52.0 Å². The first kappa shape index (κ1) is 34.0. The molecule has 5 nitrogen and oxygen atoms in total. The van der Waals surface area contributed by atoms with Crippen molar-refractivity contribution in [2.24, 2.45) is 0 Å². The molecule has 0 saturated heterocycles. The van der Waals surface area contributed by atoms with Crippen LogP contribution in [0.25, 0.3) is 115 Å². The zero-order chi connectivity index (χ0) is 38.9. The van der Waals surface area contributed by atoms with E-state index >= 15 is 0 Å². The van der Waals surface area contributed by atoms with Crippen molar-refractivity contribution in [1.29, 1.82) is 0 Å². The molecule has 12 rings (SSSR count). The van der Waals surface area contributed by atoms with Gasteiger partial charge in [-0.15, -0.1) is 22.7 Å². The summed E-state index contributed by atoms with van der Waals surface area (Å²) >= 11 is 3.65. The zero-order valence-corrected chi connectivity index (χ0v) is 33.2. The van der Waals surface area contributed by atoms with Crippen molar-refractivity contribution in [3.8, 4) is 67.9 Å². The third kappa shape index (κ3) is 5.89. The van der Waals surface area contributed by atoms with E-state index in [1.54, 1.807) is 0 Å². The molecule has 0 radical (unpaired) electrons. The van der Waals surface area contributed by atoms with Gasteiger partial charge < -0.3 is 4.42 Å². The van der Waals surface area contributed by atoms with Crippen molar-refractivity contribution in [2.75, 3.05) is 0 Å². The highest BCUT2D eigenvalue weighted by atomic mass is 32.1. The minimum absolute atomic E-state index is 0.624. The lowest BCUT2D eigenvalue weighted by Gasteiger charge is -2.10. The van der Waals surface area contributed by atoms with E-state index in [1.165, 1.54) is 46.3 Å². The van der Waals surface area contributed by atoms with Gasteiger partial charge in [0.2, 0.25) is 5.89 Å². The van der Waals surface area contributed by atoms with Crippen LogP contribution < -0.4 is 0 Å². The summed E-state index contributed by atoms with van der Waals surface area (Å²) in [6.45, 7) is 0. The van der Waals surface area contributed by atoms with Crippen molar-refractivity contribution in [2.45, 2.75) is 12.8 Å². The molecule has 0 unspecified atom stereocenters. The van der Waals surface area contributed by atoms with E-state index in [-0.39, 0.29) is 0 Å². The Labute approximate surface area is 347 Å². The van der Waals surface area contributed by atoms with Gasteiger partial charge in [0.25, 0.3) is 0 Å². The number of thiophene rings is 2. The molecular formula is C52H32N4OS2. The quantitative estimate of drug-likeness (QED) is 0.168. The molecular weight excluding hydrogens is 761 g/mol. The number of aromatic nitrogens is 4. The highest BCUT2D eigenvalue weighted by Crippen LogP contribution is 2.43. The molecule has 0 bridgehead atoms. The summed E-state index contributed by atoms with van der Waals surface area (Å²) in [7, 11) is 0. The molecule has 1 aliphatic rings. The molecule has 4 aromatic heterocycles. The van der Waals surface area contributed by atoms with Gasteiger partial charge in [0.05, 0.1) is 0 Å². The summed E-state index contributed by atoms with van der Waals surface area (Å²) in [6, 6.07) is 55.1. The van der Waals surface area contributed by atoms with E-state index in [4.69, 9.17) is 24.4 Å². The largest absolute Gasteiger partial charge is 0.436 e. The van der Waals surface area contributed by atoms with Gasteiger partial charge >= 0.3 is 0 Å². The third-order valence-electron chi connectivity index (χ3n) is 11.3. The number of benzene rings is 7. The molecule has 4 heterocycles. The molecule has 0 N–H and O–H groups in total. The van der Waals surface area contributed by atoms with E-state index in [9.17, 15) is 0 Å². The van der Waals surface area contributed by atoms with Crippen LogP contribution in [0.3, 0.4) is 0 Å². The van der Waals surface area contributed by atoms with E-state index in [2.05, 4.69) is 140 Å². The van der Waals surface area contributed by atoms with Crippen molar-refractivity contribution >= 4 is 70.1 Å². The summed E-state index contributed by atoms with van der Waals surface area (Å²) < 4.78 is 10.1. The van der Waals surface area contributed by atoms with Gasteiger partial charge in [-0.25, -0.2) is 19.9 Å². The van der Waals surface area contributed by atoms with Crippen LogP contribution in [0.15, 0.2) is 168 Å². The number of nitrogens with zero attached hydrogens (tertiary/aromatic N) is 4. The molecule has 0 atom stereocenters. The van der Waals surface area contributed by atoms with Gasteiger partial charge in [-0.3, -0.25) is 0 Å². The Morgan fingerprint density at radius 3 is 1.93 bits per heavy atom. The van der Waals surface area contributed by atoms with Crippen LogP contribution in [0.5, 0.6) is 0 Å². The molecule has 0 saturated carbocycles. The summed E-state index contributed by atoms with van der Waals surface area (Å²) in [6.07, 6.45) is 6.67. The molecule has 59 heavy (non-hydrogen) atoms. The third-order valence-corrected chi connectivity index (χ3v) is 13.7. The van der Waals surface area contributed by atoms with Crippen molar-refractivity contribution in [3.05, 3.63) is 174 Å². The molecule has 0 aliphatic heterocycles.